The van der Waals surface area contributed by atoms with E-state index in [4.69, 9.17) is 5.73 Å². The van der Waals surface area contributed by atoms with Gasteiger partial charge in [-0.3, -0.25) is 9.78 Å². The second-order valence-corrected chi connectivity index (χ2v) is 3.95. The molecule has 2 heterocycles. The zero-order valence-electron chi connectivity index (χ0n) is 10.1. The van der Waals surface area contributed by atoms with Gasteiger partial charge in [-0.1, -0.05) is 6.92 Å². The van der Waals surface area contributed by atoms with Gasteiger partial charge in [-0.2, -0.15) is 10.2 Å². The fourth-order valence-corrected chi connectivity index (χ4v) is 1.75. The van der Waals surface area contributed by atoms with Gasteiger partial charge >= 0.3 is 0 Å². The van der Waals surface area contributed by atoms with Gasteiger partial charge in [0.25, 0.3) is 0 Å². The van der Waals surface area contributed by atoms with E-state index in [1.165, 1.54) is 0 Å². The Morgan fingerprint density at radius 1 is 1.33 bits per heavy atom. The van der Waals surface area contributed by atoms with Crippen LogP contribution in [0.25, 0.3) is 11.3 Å². The van der Waals surface area contributed by atoms with E-state index in [0.29, 0.717) is 12.1 Å². The van der Waals surface area contributed by atoms with Crippen molar-refractivity contribution in [3.8, 4) is 11.3 Å². The minimum atomic E-state index is -0.375. The second kappa shape index (κ2) is 5.35. The van der Waals surface area contributed by atoms with Crippen LogP contribution in [0.3, 0.4) is 0 Å². The molecule has 0 aliphatic carbocycles. The van der Waals surface area contributed by atoms with Gasteiger partial charge in [0.2, 0.25) is 5.91 Å². The molecule has 2 aromatic heterocycles. The number of aromatic nitrogens is 3. The van der Waals surface area contributed by atoms with Crippen LogP contribution < -0.4 is 5.73 Å². The van der Waals surface area contributed by atoms with Crippen molar-refractivity contribution >= 4 is 5.91 Å². The van der Waals surface area contributed by atoms with E-state index < -0.39 is 0 Å². The minimum Gasteiger partial charge on any atom is -0.369 e. The molecule has 2 aromatic rings. The summed E-state index contributed by atoms with van der Waals surface area (Å²) in [6.45, 7) is 1.89. The van der Waals surface area contributed by atoms with Gasteiger partial charge in [-0.25, -0.2) is 0 Å². The molecule has 0 spiro atoms. The first kappa shape index (κ1) is 12.2. The number of primary amides is 1. The van der Waals surface area contributed by atoms with Gasteiger partial charge in [-0.15, -0.1) is 0 Å². The van der Waals surface area contributed by atoms with E-state index >= 15 is 0 Å². The highest BCUT2D eigenvalue weighted by Gasteiger charge is 2.17. The van der Waals surface area contributed by atoms with Gasteiger partial charge in [-0.05, 0) is 30.7 Å². The van der Waals surface area contributed by atoms with Crippen molar-refractivity contribution in [1.82, 2.24) is 15.2 Å². The van der Waals surface area contributed by atoms with Gasteiger partial charge < -0.3 is 5.73 Å². The third kappa shape index (κ3) is 2.51. The highest BCUT2D eigenvalue weighted by atomic mass is 16.1. The molecular weight excluding hydrogens is 228 g/mol. The van der Waals surface area contributed by atoms with Crippen molar-refractivity contribution in [2.75, 3.05) is 0 Å². The number of carbonyl (C=O) groups is 1. The number of hydrogen-bond donors (Lipinski definition) is 1. The third-order valence-electron chi connectivity index (χ3n) is 2.75. The molecule has 0 fully saturated rings. The summed E-state index contributed by atoms with van der Waals surface area (Å²) in [6, 6.07) is 7.35. The number of hydrogen-bond acceptors (Lipinski definition) is 4. The molecule has 0 aliphatic heterocycles. The lowest BCUT2D eigenvalue weighted by molar-refractivity contribution is -0.119. The lowest BCUT2D eigenvalue weighted by Gasteiger charge is -2.09. The van der Waals surface area contributed by atoms with Gasteiger partial charge in [0.1, 0.15) is 0 Å². The molecule has 1 unspecified atom stereocenters. The summed E-state index contributed by atoms with van der Waals surface area (Å²) in [5.74, 6) is -0.749. The molecule has 0 aliphatic rings. The molecule has 2 N–H and O–H groups in total. The van der Waals surface area contributed by atoms with Crippen LogP contribution >= 0.6 is 0 Å². The number of carbonyl (C=O) groups excluding carboxylic acids is 1. The van der Waals surface area contributed by atoms with Crippen LogP contribution in [0.2, 0.25) is 0 Å². The fraction of sp³-hybridized carbons (Fsp3) is 0.231. The Balaban J connectivity index is 2.28. The largest absolute Gasteiger partial charge is 0.369 e. The second-order valence-electron chi connectivity index (χ2n) is 3.95. The highest BCUT2D eigenvalue weighted by molar-refractivity contribution is 5.81. The summed E-state index contributed by atoms with van der Waals surface area (Å²) in [4.78, 5) is 15.3. The van der Waals surface area contributed by atoms with Crippen molar-refractivity contribution in [2.24, 2.45) is 5.73 Å². The number of amides is 1. The predicted molar refractivity (Wildman–Crippen MR) is 67.5 cm³/mol. The summed E-state index contributed by atoms with van der Waals surface area (Å²) < 4.78 is 0. The molecule has 0 radical (unpaired) electrons. The van der Waals surface area contributed by atoms with E-state index in [1.54, 1.807) is 18.5 Å². The molecule has 0 bridgehead atoms. The van der Waals surface area contributed by atoms with E-state index in [1.807, 2.05) is 25.1 Å². The number of pyridine rings is 1. The van der Waals surface area contributed by atoms with Gasteiger partial charge in [0.05, 0.1) is 17.3 Å². The van der Waals surface area contributed by atoms with Crippen molar-refractivity contribution in [1.29, 1.82) is 0 Å². The minimum absolute atomic E-state index is 0.374. The Labute approximate surface area is 105 Å². The summed E-state index contributed by atoms with van der Waals surface area (Å²) >= 11 is 0. The van der Waals surface area contributed by atoms with Crippen LogP contribution in [0.4, 0.5) is 0 Å². The maximum Gasteiger partial charge on any atom is 0.226 e. The standard InChI is InChI=1S/C13H14N4O/c1-2-10(13(14)18)12-6-5-11(16-17-12)9-4-3-7-15-8-9/h3-8,10H,2H2,1H3,(H2,14,18). The number of nitrogens with two attached hydrogens (primary N) is 1. The molecule has 1 amide bonds. The van der Waals surface area contributed by atoms with Crippen molar-refractivity contribution in [3.63, 3.8) is 0 Å². The van der Waals surface area contributed by atoms with Crippen molar-refractivity contribution in [2.45, 2.75) is 19.3 Å². The molecule has 2 rings (SSSR count). The topological polar surface area (TPSA) is 81.8 Å². The molecule has 0 saturated carbocycles. The van der Waals surface area contributed by atoms with Crippen LogP contribution in [0.15, 0.2) is 36.7 Å². The first-order valence-corrected chi connectivity index (χ1v) is 5.75. The quantitative estimate of drug-likeness (QED) is 0.881. The Morgan fingerprint density at radius 2 is 2.17 bits per heavy atom. The third-order valence-corrected chi connectivity index (χ3v) is 2.75. The molecule has 0 aromatic carbocycles. The Morgan fingerprint density at radius 3 is 2.67 bits per heavy atom. The molecule has 5 nitrogen and oxygen atoms in total. The molecule has 1 atom stereocenters. The summed E-state index contributed by atoms with van der Waals surface area (Å²) in [5, 5.41) is 8.17. The lowest BCUT2D eigenvalue weighted by Crippen LogP contribution is -2.21. The first-order chi connectivity index (χ1) is 8.72. The maximum atomic E-state index is 11.2. The van der Waals surface area contributed by atoms with Crippen LogP contribution in [0.5, 0.6) is 0 Å². The summed E-state index contributed by atoms with van der Waals surface area (Å²) in [5.41, 5.74) is 7.54. The fourth-order valence-electron chi connectivity index (χ4n) is 1.75. The summed E-state index contributed by atoms with van der Waals surface area (Å²) in [7, 11) is 0. The van der Waals surface area contributed by atoms with E-state index in [0.717, 1.165) is 11.3 Å². The smallest absolute Gasteiger partial charge is 0.226 e. The monoisotopic (exact) mass is 242 g/mol. The average Bonchev–Trinajstić information content (AvgIpc) is 2.41. The predicted octanol–water partition coefficient (Wildman–Crippen LogP) is 1.52. The van der Waals surface area contributed by atoms with Crippen LogP contribution in [-0.4, -0.2) is 21.1 Å². The van der Waals surface area contributed by atoms with Crippen LogP contribution in [-0.2, 0) is 4.79 Å². The Hall–Kier alpha value is -2.30. The molecular formula is C13H14N4O. The Kier molecular flexibility index (Phi) is 3.62. The van der Waals surface area contributed by atoms with E-state index in [9.17, 15) is 4.79 Å². The van der Waals surface area contributed by atoms with Crippen LogP contribution in [0.1, 0.15) is 25.0 Å². The molecule has 92 valence electrons. The number of rotatable bonds is 4. The molecule has 5 heteroatoms. The maximum absolute atomic E-state index is 11.2. The van der Waals surface area contributed by atoms with Crippen LogP contribution in [0, 0.1) is 0 Å². The normalized spacial score (nSPS) is 12.1. The lowest BCUT2D eigenvalue weighted by atomic mass is 10.0. The van der Waals surface area contributed by atoms with Gasteiger partial charge in [0, 0.05) is 18.0 Å². The average molecular weight is 242 g/mol. The number of nitrogens with zero attached hydrogens (tertiary/aromatic N) is 3. The van der Waals surface area contributed by atoms with Gasteiger partial charge in [0.15, 0.2) is 0 Å². The molecule has 0 saturated heterocycles. The molecule has 18 heavy (non-hydrogen) atoms. The van der Waals surface area contributed by atoms with E-state index in [-0.39, 0.29) is 11.8 Å². The highest BCUT2D eigenvalue weighted by Crippen LogP contribution is 2.19. The first-order valence-electron chi connectivity index (χ1n) is 5.75. The summed E-state index contributed by atoms with van der Waals surface area (Å²) in [6.07, 6.45) is 4.04. The Bertz CT molecular complexity index is 524. The zero-order chi connectivity index (χ0) is 13.0. The zero-order valence-corrected chi connectivity index (χ0v) is 10.1. The van der Waals surface area contributed by atoms with Crippen molar-refractivity contribution in [3.05, 3.63) is 42.4 Å². The van der Waals surface area contributed by atoms with Crippen molar-refractivity contribution < 1.29 is 4.79 Å². The SMILES string of the molecule is CCC(C(N)=O)c1ccc(-c2cccnc2)nn1. The van der Waals surface area contributed by atoms with E-state index in [2.05, 4.69) is 15.2 Å².